The van der Waals surface area contributed by atoms with Gasteiger partial charge in [-0.2, -0.15) is 0 Å². The minimum Gasteiger partial charge on any atom is -0.481 e. The highest BCUT2D eigenvalue weighted by molar-refractivity contribution is 5.78. The predicted molar refractivity (Wildman–Crippen MR) is 84.6 cm³/mol. The van der Waals surface area contributed by atoms with Gasteiger partial charge in [-0.15, -0.1) is 0 Å². The monoisotopic (exact) mass is 339 g/mol. The van der Waals surface area contributed by atoms with Crippen LogP contribution in [0.2, 0.25) is 0 Å². The molecule has 0 saturated carbocycles. The van der Waals surface area contributed by atoms with Gasteiger partial charge in [-0.25, -0.2) is 14.2 Å². The number of carboxylic acid groups (broad SMARTS) is 1. The van der Waals surface area contributed by atoms with Crippen molar-refractivity contribution in [3.8, 4) is 5.88 Å². The third-order valence-corrected chi connectivity index (χ3v) is 3.79. The van der Waals surface area contributed by atoms with E-state index < -0.39 is 17.7 Å². The summed E-state index contributed by atoms with van der Waals surface area (Å²) in [4.78, 5) is 30.7. The summed E-state index contributed by atoms with van der Waals surface area (Å²) in [6, 6.07) is 2.30. The van der Waals surface area contributed by atoms with Gasteiger partial charge in [0.25, 0.3) is 0 Å². The second-order valence-corrected chi connectivity index (χ2v) is 6.36. The lowest BCUT2D eigenvalue weighted by atomic mass is 10.0. The molecule has 0 bridgehead atoms. The summed E-state index contributed by atoms with van der Waals surface area (Å²) in [6.07, 6.45) is 1.26. The van der Waals surface area contributed by atoms with Gasteiger partial charge in [0.1, 0.15) is 5.67 Å². The lowest BCUT2D eigenvalue weighted by molar-refractivity contribution is -0.138. The van der Waals surface area contributed by atoms with Gasteiger partial charge in [-0.1, -0.05) is 6.07 Å². The summed E-state index contributed by atoms with van der Waals surface area (Å²) >= 11 is 0. The number of nitrogens with zero attached hydrogens (tertiary/aromatic N) is 3. The molecule has 1 aliphatic heterocycles. The zero-order valence-electron chi connectivity index (χ0n) is 14.0. The number of halogens is 1. The van der Waals surface area contributed by atoms with Gasteiger partial charge in [0, 0.05) is 25.4 Å². The Morgan fingerprint density at radius 2 is 2.17 bits per heavy atom. The van der Waals surface area contributed by atoms with Gasteiger partial charge in [0.05, 0.1) is 26.1 Å². The van der Waals surface area contributed by atoms with Crippen LogP contribution in [0.25, 0.3) is 0 Å². The molecule has 1 N–H and O–H groups in total. The smallest absolute Gasteiger partial charge is 0.320 e. The second kappa shape index (κ2) is 7.02. The third kappa shape index (κ3) is 4.33. The van der Waals surface area contributed by atoms with E-state index in [2.05, 4.69) is 4.98 Å². The minimum absolute atomic E-state index is 0.0248. The number of hydrogen-bond donors (Lipinski definition) is 1. The molecule has 2 amide bonds. The van der Waals surface area contributed by atoms with Gasteiger partial charge >= 0.3 is 12.0 Å². The second-order valence-electron chi connectivity index (χ2n) is 6.36. The topological polar surface area (TPSA) is 83.0 Å². The highest BCUT2D eigenvalue weighted by Crippen LogP contribution is 2.29. The average Bonchev–Trinajstić information content (AvgIpc) is 2.84. The van der Waals surface area contributed by atoms with E-state index >= 15 is 0 Å². The van der Waals surface area contributed by atoms with E-state index in [0.29, 0.717) is 24.5 Å². The van der Waals surface area contributed by atoms with E-state index in [0.717, 1.165) is 0 Å². The fraction of sp³-hybridized carbons (Fsp3) is 0.562. The summed E-state index contributed by atoms with van der Waals surface area (Å²) in [5, 5.41) is 9.19. The number of aliphatic carboxylic acids is 1. The number of alkyl halides is 1. The zero-order valence-corrected chi connectivity index (χ0v) is 14.0. The number of urea groups is 1. The number of aromatic nitrogens is 1. The van der Waals surface area contributed by atoms with E-state index in [4.69, 9.17) is 4.74 Å². The molecule has 0 aliphatic carbocycles. The number of ether oxygens (including phenoxy) is 1. The number of carboxylic acids is 1. The zero-order chi connectivity index (χ0) is 17.9. The Morgan fingerprint density at radius 3 is 2.67 bits per heavy atom. The lowest BCUT2D eigenvalue weighted by Gasteiger charge is -2.28. The Hall–Kier alpha value is -2.38. The van der Waals surface area contributed by atoms with Crippen molar-refractivity contribution < 1.29 is 23.8 Å². The quantitative estimate of drug-likeness (QED) is 0.822. The highest BCUT2D eigenvalue weighted by atomic mass is 19.1. The van der Waals surface area contributed by atoms with Gasteiger partial charge in [-0.3, -0.25) is 4.79 Å². The summed E-state index contributed by atoms with van der Waals surface area (Å²) in [5.74, 6) is -0.616. The SMILES string of the molecule is COc1ccc(C(CC(=O)O)N2CCN(CC(C)(C)F)C2=O)cn1. The molecule has 2 rings (SSSR count). The van der Waals surface area contributed by atoms with Crippen LogP contribution in [0.5, 0.6) is 5.88 Å². The molecule has 24 heavy (non-hydrogen) atoms. The molecule has 1 unspecified atom stereocenters. The number of methoxy groups -OCH3 is 1. The van der Waals surface area contributed by atoms with E-state index in [1.807, 2.05) is 0 Å². The highest BCUT2D eigenvalue weighted by Gasteiger charge is 2.37. The van der Waals surface area contributed by atoms with Gasteiger partial charge in [-0.05, 0) is 19.4 Å². The molecule has 1 aromatic rings. The van der Waals surface area contributed by atoms with Crippen LogP contribution < -0.4 is 4.74 Å². The summed E-state index contributed by atoms with van der Waals surface area (Å²) in [6.45, 7) is 3.50. The van der Waals surface area contributed by atoms with Crippen LogP contribution in [-0.2, 0) is 4.79 Å². The minimum atomic E-state index is -1.50. The molecule has 8 heteroatoms. The summed E-state index contributed by atoms with van der Waals surface area (Å²) in [7, 11) is 1.48. The molecular weight excluding hydrogens is 317 g/mol. The van der Waals surface area contributed by atoms with Crippen molar-refractivity contribution in [2.45, 2.75) is 32.0 Å². The fourth-order valence-electron chi connectivity index (χ4n) is 2.77. The Kier molecular flexibility index (Phi) is 5.26. The van der Waals surface area contributed by atoms with Crippen LogP contribution in [0, 0.1) is 0 Å². The molecule has 0 radical (unpaired) electrons. The number of carbonyl (C=O) groups excluding carboxylic acids is 1. The van der Waals surface area contributed by atoms with Crippen molar-refractivity contribution >= 4 is 12.0 Å². The van der Waals surface area contributed by atoms with Crippen molar-refractivity contribution in [2.75, 3.05) is 26.7 Å². The molecule has 132 valence electrons. The Bertz CT molecular complexity index is 600. The molecule has 1 fully saturated rings. The molecule has 0 aromatic carbocycles. The standard InChI is InChI=1S/C16H22FN3O4/c1-16(2,17)10-19-6-7-20(15(19)23)12(8-14(21)22)11-4-5-13(24-3)18-9-11/h4-5,9,12H,6-8,10H2,1-3H3,(H,21,22). The molecule has 7 nitrogen and oxygen atoms in total. The molecule has 1 aliphatic rings. The Labute approximate surface area is 140 Å². The van der Waals surface area contributed by atoms with E-state index in [9.17, 15) is 19.1 Å². The first-order chi connectivity index (χ1) is 11.2. The first kappa shape index (κ1) is 18.0. The number of pyridine rings is 1. The first-order valence-electron chi connectivity index (χ1n) is 7.67. The lowest BCUT2D eigenvalue weighted by Crippen LogP contribution is -2.40. The van der Waals surface area contributed by atoms with Crippen molar-refractivity contribution in [1.82, 2.24) is 14.8 Å². The van der Waals surface area contributed by atoms with Crippen molar-refractivity contribution in [3.63, 3.8) is 0 Å². The van der Waals surface area contributed by atoms with Gasteiger partial charge < -0.3 is 19.6 Å². The van der Waals surface area contributed by atoms with Crippen molar-refractivity contribution in [2.24, 2.45) is 0 Å². The average molecular weight is 339 g/mol. The summed E-state index contributed by atoms with van der Waals surface area (Å²) < 4.78 is 18.8. The van der Waals surface area contributed by atoms with Crippen LogP contribution >= 0.6 is 0 Å². The Morgan fingerprint density at radius 1 is 1.46 bits per heavy atom. The molecule has 1 aromatic heterocycles. The summed E-state index contributed by atoms with van der Waals surface area (Å²) in [5.41, 5.74) is -0.900. The molecule has 1 saturated heterocycles. The number of carbonyl (C=O) groups is 2. The van der Waals surface area contributed by atoms with Crippen molar-refractivity contribution in [3.05, 3.63) is 23.9 Å². The van der Waals surface area contributed by atoms with Crippen LogP contribution in [0.4, 0.5) is 9.18 Å². The fourth-order valence-corrected chi connectivity index (χ4v) is 2.77. The van der Waals surface area contributed by atoms with Gasteiger partial charge in [0.2, 0.25) is 5.88 Å². The van der Waals surface area contributed by atoms with Crippen LogP contribution in [0.15, 0.2) is 18.3 Å². The van der Waals surface area contributed by atoms with E-state index in [-0.39, 0.29) is 19.0 Å². The molecule has 2 heterocycles. The number of amides is 2. The maximum atomic E-state index is 13.8. The Balaban J connectivity index is 2.21. The first-order valence-corrected chi connectivity index (χ1v) is 7.67. The third-order valence-electron chi connectivity index (χ3n) is 3.79. The molecular formula is C16H22FN3O4. The maximum Gasteiger partial charge on any atom is 0.320 e. The largest absolute Gasteiger partial charge is 0.481 e. The van der Waals surface area contributed by atoms with Crippen LogP contribution in [-0.4, -0.2) is 64.3 Å². The van der Waals surface area contributed by atoms with E-state index in [1.165, 1.54) is 37.0 Å². The number of hydrogen-bond acceptors (Lipinski definition) is 4. The normalized spacial score (nSPS) is 16.4. The number of rotatable bonds is 7. The van der Waals surface area contributed by atoms with Crippen LogP contribution in [0.1, 0.15) is 31.9 Å². The maximum absolute atomic E-state index is 13.8. The van der Waals surface area contributed by atoms with E-state index in [1.54, 1.807) is 12.1 Å². The van der Waals surface area contributed by atoms with Gasteiger partial charge in [0.15, 0.2) is 0 Å². The predicted octanol–water partition coefficient (Wildman–Crippen LogP) is 2.09. The molecule has 0 spiro atoms. The molecule has 1 atom stereocenters. The van der Waals surface area contributed by atoms with Crippen LogP contribution in [0.3, 0.4) is 0 Å². The van der Waals surface area contributed by atoms with Crippen molar-refractivity contribution in [1.29, 1.82) is 0 Å².